The van der Waals surface area contributed by atoms with Gasteiger partial charge >= 0.3 is 0 Å². The van der Waals surface area contributed by atoms with Crippen LogP contribution >= 0.6 is 0 Å². The van der Waals surface area contributed by atoms with Crippen molar-refractivity contribution < 1.29 is 34.0 Å². The minimum Gasteiger partial charge on any atom is -0.504 e. The van der Waals surface area contributed by atoms with Crippen LogP contribution in [0.3, 0.4) is 0 Å². The van der Waals surface area contributed by atoms with Gasteiger partial charge in [0.05, 0.1) is 27.2 Å². The van der Waals surface area contributed by atoms with E-state index in [2.05, 4.69) is 0 Å². The summed E-state index contributed by atoms with van der Waals surface area (Å²) in [5.74, 6) is 0.409. The molecule has 0 aliphatic carbocycles. The lowest BCUT2D eigenvalue weighted by molar-refractivity contribution is -0.132. The molecule has 3 rings (SSSR count). The molecule has 36 heavy (non-hydrogen) atoms. The first kappa shape index (κ1) is 26.6. The summed E-state index contributed by atoms with van der Waals surface area (Å²) in [5, 5.41) is 19.6. The Morgan fingerprint density at radius 2 is 1.11 bits per heavy atom. The molecule has 7 nitrogen and oxygen atoms in total. The SMILES string of the molecule is COc1ccc(CC(C(=O)CCc2ccc(O)c(OC)c2)C(=O)CCc2ccc(O)c(OC)c2)cc1. The van der Waals surface area contributed by atoms with Crippen LogP contribution in [-0.2, 0) is 28.9 Å². The number of aromatic hydroxyl groups is 2. The zero-order chi connectivity index (χ0) is 26.1. The Morgan fingerprint density at radius 3 is 1.53 bits per heavy atom. The molecule has 0 saturated carbocycles. The van der Waals surface area contributed by atoms with Crippen LogP contribution in [0.25, 0.3) is 0 Å². The van der Waals surface area contributed by atoms with E-state index in [9.17, 15) is 19.8 Å². The van der Waals surface area contributed by atoms with E-state index >= 15 is 0 Å². The van der Waals surface area contributed by atoms with E-state index < -0.39 is 5.92 Å². The highest BCUT2D eigenvalue weighted by Gasteiger charge is 2.26. The number of rotatable bonds is 13. The number of carbonyl (C=O) groups is 2. The summed E-state index contributed by atoms with van der Waals surface area (Å²) in [5.41, 5.74) is 2.55. The minimum atomic E-state index is -0.781. The smallest absolute Gasteiger partial charge is 0.160 e. The highest BCUT2D eigenvalue weighted by atomic mass is 16.5. The first-order valence-electron chi connectivity index (χ1n) is 11.7. The molecule has 0 spiro atoms. The number of ketones is 2. The topological polar surface area (TPSA) is 102 Å². The lowest BCUT2D eigenvalue weighted by Crippen LogP contribution is -2.27. The van der Waals surface area contributed by atoms with Crippen molar-refractivity contribution in [2.45, 2.75) is 32.1 Å². The average molecular weight is 493 g/mol. The lowest BCUT2D eigenvalue weighted by atomic mass is 9.86. The zero-order valence-electron chi connectivity index (χ0n) is 20.8. The summed E-state index contributed by atoms with van der Waals surface area (Å²) in [6.45, 7) is 0. The number of benzene rings is 3. The van der Waals surface area contributed by atoms with Gasteiger partial charge in [-0.2, -0.15) is 0 Å². The van der Waals surface area contributed by atoms with Gasteiger partial charge in [-0.1, -0.05) is 24.3 Å². The van der Waals surface area contributed by atoms with Crippen LogP contribution in [0.15, 0.2) is 60.7 Å². The summed E-state index contributed by atoms with van der Waals surface area (Å²) in [7, 11) is 4.52. The normalized spacial score (nSPS) is 10.8. The first-order valence-corrected chi connectivity index (χ1v) is 11.7. The summed E-state index contributed by atoms with van der Waals surface area (Å²) < 4.78 is 15.5. The predicted octanol–water partition coefficient (Wildman–Crippen LogP) is 4.69. The third-order valence-corrected chi connectivity index (χ3v) is 6.18. The van der Waals surface area contributed by atoms with Gasteiger partial charge in [-0.05, 0) is 72.4 Å². The fourth-order valence-corrected chi connectivity index (χ4v) is 4.04. The second-order valence-electron chi connectivity index (χ2n) is 8.55. The van der Waals surface area contributed by atoms with E-state index in [1.54, 1.807) is 31.4 Å². The molecular formula is C29H32O7. The number of phenols is 2. The third kappa shape index (κ3) is 7.01. The van der Waals surface area contributed by atoms with Gasteiger partial charge in [0.2, 0.25) is 0 Å². The van der Waals surface area contributed by atoms with Crippen molar-refractivity contribution in [3.8, 4) is 28.7 Å². The van der Waals surface area contributed by atoms with E-state index in [4.69, 9.17) is 14.2 Å². The van der Waals surface area contributed by atoms with Gasteiger partial charge in [0, 0.05) is 12.8 Å². The number of methoxy groups -OCH3 is 3. The molecule has 0 fully saturated rings. The van der Waals surface area contributed by atoms with Crippen LogP contribution in [0, 0.1) is 5.92 Å². The zero-order valence-corrected chi connectivity index (χ0v) is 20.8. The first-order chi connectivity index (χ1) is 17.3. The summed E-state index contributed by atoms with van der Waals surface area (Å²) >= 11 is 0. The molecule has 7 heteroatoms. The van der Waals surface area contributed by atoms with Crippen molar-refractivity contribution in [3.05, 3.63) is 77.4 Å². The van der Waals surface area contributed by atoms with Gasteiger partial charge in [-0.25, -0.2) is 0 Å². The van der Waals surface area contributed by atoms with Crippen molar-refractivity contribution in [1.82, 2.24) is 0 Å². The number of aryl methyl sites for hydroxylation is 2. The largest absolute Gasteiger partial charge is 0.504 e. The van der Waals surface area contributed by atoms with Crippen LogP contribution in [0.1, 0.15) is 29.5 Å². The maximum atomic E-state index is 13.3. The van der Waals surface area contributed by atoms with E-state index in [-0.39, 0.29) is 35.9 Å². The Labute approximate surface area is 211 Å². The van der Waals surface area contributed by atoms with Gasteiger partial charge in [0.15, 0.2) is 23.0 Å². The quantitative estimate of drug-likeness (QED) is 0.334. The van der Waals surface area contributed by atoms with Crippen molar-refractivity contribution in [2.75, 3.05) is 21.3 Å². The fraction of sp³-hybridized carbons (Fsp3) is 0.310. The van der Waals surface area contributed by atoms with Crippen molar-refractivity contribution >= 4 is 11.6 Å². The average Bonchev–Trinajstić information content (AvgIpc) is 2.90. The second kappa shape index (κ2) is 12.6. The van der Waals surface area contributed by atoms with Crippen LogP contribution in [0.2, 0.25) is 0 Å². The Kier molecular flexibility index (Phi) is 9.33. The molecule has 0 bridgehead atoms. The molecule has 3 aromatic rings. The lowest BCUT2D eigenvalue weighted by Gasteiger charge is -2.16. The van der Waals surface area contributed by atoms with E-state index in [1.807, 2.05) is 24.3 Å². The second-order valence-corrected chi connectivity index (χ2v) is 8.55. The predicted molar refractivity (Wildman–Crippen MR) is 136 cm³/mol. The third-order valence-electron chi connectivity index (χ3n) is 6.18. The van der Waals surface area contributed by atoms with Crippen molar-refractivity contribution in [3.63, 3.8) is 0 Å². The monoisotopic (exact) mass is 492 g/mol. The number of Topliss-reactive ketones (excluding diaryl/α,β-unsaturated/α-hetero) is 2. The van der Waals surface area contributed by atoms with Crippen LogP contribution < -0.4 is 14.2 Å². The Bertz CT molecular complexity index is 1120. The van der Waals surface area contributed by atoms with E-state index in [0.29, 0.717) is 36.5 Å². The summed E-state index contributed by atoms with van der Waals surface area (Å²) in [4.78, 5) is 26.6. The molecule has 0 aliphatic heterocycles. The maximum absolute atomic E-state index is 13.3. The molecule has 0 heterocycles. The van der Waals surface area contributed by atoms with Gasteiger partial charge in [0.25, 0.3) is 0 Å². The van der Waals surface area contributed by atoms with Crippen LogP contribution in [-0.4, -0.2) is 43.1 Å². The maximum Gasteiger partial charge on any atom is 0.160 e. The number of phenolic OH excluding ortho intramolecular Hbond substituents is 2. The molecule has 0 aliphatic rings. The molecule has 0 atom stereocenters. The molecule has 0 amide bonds. The van der Waals surface area contributed by atoms with Crippen molar-refractivity contribution in [1.29, 1.82) is 0 Å². The highest BCUT2D eigenvalue weighted by molar-refractivity contribution is 6.02. The van der Waals surface area contributed by atoms with E-state index in [1.165, 1.54) is 26.4 Å². The minimum absolute atomic E-state index is 0.0333. The van der Waals surface area contributed by atoms with Crippen molar-refractivity contribution in [2.24, 2.45) is 5.92 Å². The Morgan fingerprint density at radius 1 is 0.667 bits per heavy atom. The molecule has 3 aromatic carbocycles. The Balaban J connectivity index is 1.73. The van der Waals surface area contributed by atoms with Gasteiger partial charge in [-0.3, -0.25) is 9.59 Å². The van der Waals surface area contributed by atoms with Gasteiger partial charge in [-0.15, -0.1) is 0 Å². The molecule has 0 saturated heterocycles. The van der Waals surface area contributed by atoms with Gasteiger partial charge in [0.1, 0.15) is 17.3 Å². The number of hydrogen-bond acceptors (Lipinski definition) is 7. The molecule has 0 aromatic heterocycles. The number of ether oxygens (including phenoxy) is 3. The summed E-state index contributed by atoms with van der Waals surface area (Å²) in [6.07, 6.45) is 1.54. The summed E-state index contributed by atoms with van der Waals surface area (Å²) in [6, 6.07) is 17.3. The molecular weight excluding hydrogens is 460 g/mol. The van der Waals surface area contributed by atoms with Crippen LogP contribution in [0.4, 0.5) is 0 Å². The number of carbonyl (C=O) groups excluding carboxylic acids is 2. The molecule has 0 unspecified atom stereocenters. The standard InChI is InChI=1S/C29H32O7/c1-34-22-10-4-19(5-11-22)16-23(24(30)12-6-20-8-14-26(32)28(17-20)35-2)25(31)13-7-21-9-15-27(33)29(18-21)36-3/h4-5,8-11,14-15,17-18,23,32-33H,6-7,12-13,16H2,1-3H3. The molecule has 0 radical (unpaired) electrons. The molecule has 2 N–H and O–H groups in total. The van der Waals surface area contributed by atoms with Crippen LogP contribution in [0.5, 0.6) is 28.7 Å². The number of hydrogen-bond donors (Lipinski definition) is 2. The van der Waals surface area contributed by atoms with E-state index in [0.717, 1.165) is 16.7 Å². The molecule has 190 valence electrons. The highest BCUT2D eigenvalue weighted by Crippen LogP contribution is 2.28. The van der Waals surface area contributed by atoms with Gasteiger partial charge < -0.3 is 24.4 Å². The fourth-order valence-electron chi connectivity index (χ4n) is 4.04. The Hall–Kier alpha value is -4.00.